The first kappa shape index (κ1) is 16.0. The third-order valence-corrected chi connectivity index (χ3v) is 2.10. The van der Waals surface area contributed by atoms with Crippen molar-refractivity contribution in [3.05, 3.63) is 0 Å². The molecule has 0 aromatic carbocycles. The van der Waals surface area contributed by atoms with Crippen molar-refractivity contribution in [3.8, 4) is 0 Å². The van der Waals surface area contributed by atoms with Gasteiger partial charge in [-0.25, -0.2) is 0 Å². The van der Waals surface area contributed by atoms with Gasteiger partial charge in [-0.3, -0.25) is 0 Å². The lowest BCUT2D eigenvalue weighted by Gasteiger charge is -2.20. The van der Waals surface area contributed by atoms with Crippen LogP contribution in [-0.4, -0.2) is 43.0 Å². The molecule has 0 heterocycles. The fraction of sp³-hybridized carbons (Fsp3) is 0.889. The van der Waals surface area contributed by atoms with Gasteiger partial charge in [-0.2, -0.15) is 13.2 Å². The summed E-state index contributed by atoms with van der Waals surface area (Å²) in [6.07, 6.45) is -4.74. The van der Waals surface area contributed by atoms with Crippen molar-refractivity contribution < 1.29 is 23.1 Å². The number of rotatable bonds is 7. The number of amidine groups is 1. The molecule has 4 N–H and O–H groups in total. The summed E-state index contributed by atoms with van der Waals surface area (Å²) in [7, 11) is 0. The number of oxime groups is 1. The Morgan fingerprint density at radius 1 is 1.47 bits per heavy atom. The highest BCUT2D eigenvalue weighted by atomic mass is 19.4. The van der Waals surface area contributed by atoms with Gasteiger partial charge < -0.3 is 21.0 Å². The normalized spacial score (nSPS) is 16.9. The molecule has 0 amide bonds. The van der Waals surface area contributed by atoms with Crippen molar-refractivity contribution >= 4 is 5.84 Å². The number of hydrogen-bond donors (Lipinski definition) is 3. The van der Waals surface area contributed by atoms with Crippen LogP contribution in [0.15, 0.2) is 5.16 Å². The van der Waals surface area contributed by atoms with Gasteiger partial charge in [0.15, 0.2) is 5.84 Å². The first-order valence-electron chi connectivity index (χ1n) is 5.19. The van der Waals surface area contributed by atoms with Gasteiger partial charge in [0.1, 0.15) is 5.92 Å². The quantitative estimate of drug-likeness (QED) is 0.274. The van der Waals surface area contributed by atoms with Gasteiger partial charge in [0.2, 0.25) is 0 Å². The molecule has 0 saturated carbocycles. The maximum Gasteiger partial charge on any atom is 0.400 e. The van der Waals surface area contributed by atoms with Gasteiger partial charge in [-0.1, -0.05) is 5.16 Å². The van der Waals surface area contributed by atoms with Crippen LogP contribution in [0.3, 0.4) is 0 Å². The Morgan fingerprint density at radius 3 is 2.47 bits per heavy atom. The van der Waals surface area contributed by atoms with E-state index >= 15 is 0 Å². The monoisotopic (exact) mass is 257 g/mol. The molecule has 0 spiro atoms. The summed E-state index contributed by atoms with van der Waals surface area (Å²) in [5.41, 5.74) is 4.99. The SMILES string of the molecule is CCOC(C)CNCC(C(N)=NO)C(F)(F)F. The van der Waals surface area contributed by atoms with Gasteiger partial charge in [-0.05, 0) is 13.8 Å². The third kappa shape index (κ3) is 6.32. The summed E-state index contributed by atoms with van der Waals surface area (Å²) >= 11 is 0. The van der Waals surface area contributed by atoms with E-state index in [1.807, 2.05) is 0 Å². The minimum atomic E-state index is -4.54. The summed E-state index contributed by atoms with van der Waals surface area (Å²) in [5, 5.41) is 13.2. The zero-order chi connectivity index (χ0) is 13.5. The van der Waals surface area contributed by atoms with E-state index in [4.69, 9.17) is 15.7 Å². The van der Waals surface area contributed by atoms with Crippen molar-refractivity contribution in [1.82, 2.24) is 5.32 Å². The molecule has 0 aromatic heterocycles. The van der Waals surface area contributed by atoms with E-state index in [1.165, 1.54) is 0 Å². The van der Waals surface area contributed by atoms with Crippen molar-refractivity contribution in [2.24, 2.45) is 16.8 Å². The second kappa shape index (κ2) is 7.33. The zero-order valence-electron chi connectivity index (χ0n) is 9.79. The van der Waals surface area contributed by atoms with E-state index in [1.54, 1.807) is 13.8 Å². The van der Waals surface area contributed by atoms with Gasteiger partial charge in [-0.15, -0.1) is 0 Å². The molecular weight excluding hydrogens is 239 g/mol. The van der Waals surface area contributed by atoms with Gasteiger partial charge >= 0.3 is 6.18 Å². The van der Waals surface area contributed by atoms with E-state index in [-0.39, 0.29) is 12.6 Å². The second-order valence-electron chi connectivity index (χ2n) is 3.54. The first-order chi connectivity index (χ1) is 7.82. The standard InChI is InChI=1S/C9H18F3N3O2/c1-3-17-6(2)4-14-5-7(8(13)15-16)9(10,11)12/h6-7,14,16H,3-5H2,1-2H3,(H2,13,15). The molecule has 0 radical (unpaired) electrons. The number of alkyl halides is 3. The Labute approximate surface area is 97.8 Å². The molecule has 2 atom stereocenters. The Kier molecular flexibility index (Phi) is 6.89. The molecule has 102 valence electrons. The number of ether oxygens (including phenoxy) is 1. The van der Waals surface area contributed by atoms with Crippen LogP contribution in [0.1, 0.15) is 13.8 Å². The average molecular weight is 257 g/mol. The van der Waals surface area contributed by atoms with Crippen LogP contribution in [0, 0.1) is 5.92 Å². The minimum absolute atomic E-state index is 0.193. The van der Waals surface area contributed by atoms with E-state index in [0.29, 0.717) is 6.61 Å². The van der Waals surface area contributed by atoms with Crippen LogP contribution >= 0.6 is 0 Å². The first-order valence-corrected chi connectivity index (χ1v) is 5.19. The fourth-order valence-electron chi connectivity index (χ4n) is 1.23. The topological polar surface area (TPSA) is 79.9 Å². The van der Waals surface area contributed by atoms with Crippen molar-refractivity contribution in [3.63, 3.8) is 0 Å². The van der Waals surface area contributed by atoms with Crippen LogP contribution < -0.4 is 11.1 Å². The van der Waals surface area contributed by atoms with Crippen molar-refractivity contribution in [2.75, 3.05) is 19.7 Å². The zero-order valence-corrected chi connectivity index (χ0v) is 9.79. The Morgan fingerprint density at radius 2 is 2.06 bits per heavy atom. The number of halogens is 3. The molecule has 0 aliphatic heterocycles. The highest BCUT2D eigenvalue weighted by Crippen LogP contribution is 2.25. The molecule has 0 bridgehead atoms. The molecule has 0 saturated heterocycles. The number of nitrogens with zero attached hydrogens (tertiary/aromatic N) is 1. The molecule has 2 unspecified atom stereocenters. The van der Waals surface area contributed by atoms with Crippen LogP contribution in [0.25, 0.3) is 0 Å². The number of nitrogens with one attached hydrogen (secondary N) is 1. The molecule has 0 rings (SSSR count). The summed E-state index contributed by atoms with van der Waals surface area (Å²) in [6.45, 7) is 3.84. The Balaban J connectivity index is 4.20. The lowest BCUT2D eigenvalue weighted by molar-refractivity contribution is -0.155. The lowest BCUT2D eigenvalue weighted by atomic mass is 10.1. The summed E-state index contributed by atoms with van der Waals surface area (Å²) in [4.78, 5) is 0. The van der Waals surface area contributed by atoms with Crippen molar-refractivity contribution in [2.45, 2.75) is 26.1 Å². The number of hydrogen-bond acceptors (Lipinski definition) is 4. The van der Waals surface area contributed by atoms with Crippen molar-refractivity contribution in [1.29, 1.82) is 0 Å². The predicted octanol–water partition coefficient (Wildman–Crippen LogP) is 0.926. The molecule has 8 heteroatoms. The molecule has 17 heavy (non-hydrogen) atoms. The summed E-state index contributed by atoms with van der Waals surface area (Å²) < 4.78 is 42.6. The molecule has 0 fully saturated rings. The smallest absolute Gasteiger partial charge is 0.400 e. The molecule has 0 aliphatic rings. The Hall–Kier alpha value is -1.02. The average Bonchev–Trinajstić information content (AvgIpc) is 2.22. The summed E-state index contributed by atoms with van der Waals surface area (Å²) in [5.74, 6) is -2.85. The fourth-order valence-corrected chi connectivity index (χ4v) is 1.23. The van der Waals surface area contributed by atoms with Gasteiger partial charge in [0.05, 0.1) is 6.10 Å². The maximum absolute atomic E-state index is 12.5. The second-order valence-corrected chi connectivity index (χ2v) is 3.54. The largest absolute Gasteiger partial charge is 0.409 e. The van der Waals surface area contributed by atoms with Gasteiger partial charge in [0, 0.05) is 19.7 Å². The molecule has 5 nitrogen and oxygen atoms in total. The minimum Gasteiger partial charge on any atom is -0.409 e. The molecular formula is C9H18F3N3O2. The Bertz CT molecular complexity index is 246. The van der Waals surface area contributed by atoms with Crippen LogP contribution in [0.5, 0.6) is 0 Å². The highest BCUT2D eigenvalue weighted by molar-refractivity contribution is 5.83. The maximum atomic E-state index is 12.5. The van der Waals surface area contributed by atoms with E-state index in [9.17, 15) is 13.2 Å². The lowest BCUT2D eigenvalue weighted by Crippen LogP contribution is -2.44. The van der Waals surface area contributed by atoms with Gasteiger partial charge in [0.25, 0.3) is 0 Å². The van der Waals surface area contributed by atoms with E-state index < -0.39 is 24.5 Å². The molecule has 0 aliphatic carbocycles. The molecule has 0 aromatic rings. The van der Waals surface area contributed by atoms with Crippen LogP contribution in [0.4, 0.5) is 13.2 Å². The van der Waals surface area contributed by atoms with E-state index in [0.717, 1.165) is 0 Å². The summed E-state index contributed by atoms with van der Waals surface area (Å²) in [6, 6.07) is 0. The predicted molar refractivity (Wildman–Crippen MR) is 56.9 cm³/mol. The third-order valence-electron chi connectivity index (χ3n) is 2.10. The van der Waals surface area contributed by atoms with Crippen LogP contribution in [0.2, 0.25) is 0 Å². The van der Waals surface area contributed by atoms with Crippen LogP contribution in [-0.2, 0) is 4.74 Å². The number of nitrogens with two attached hydrogens (primary N) is 1. The highest BCUT2D eigenvalue weighted by Gasteiger charge is 2.42. The van der Waals surface area contributed by atoms with E-state index in [2.05, 4.69) is 10.5 Å².